The molecule has 0 bridgehead atoms. The number of sulfone groups is 1. The average Bonchev–Trinajstić information content (AvgIpc) is 2.92. The van der Waals surface area contributed by atoms with Crippen molar-refractivity contribution in [2.24, 2.45) is 0 Å². The zero-order valence-electron chi connectivity index (χ0n) is 10.9. The zero-order valence-corrected chi connectivity index (χ0v) is 11.7. The lowest BCUT2D eigenvalue weighted by molar-refractivity contribution is 0.123. The summed E-state index contributed by atoms with van der Waals surface area (Å²) in [5.74, 6) is 1.15. The molecule has 1 saturated heterocycles. The molecule has 1 aromatic heterocycles. The first-order valence-electron chi connectivity index (χ1n) is 6.25. The van der Waals surface area contributed by atoms with Gasteiger partial charge in [-0.1, -0.05) is 0 Å². The Hall–Kier alpha value is -1.40. The van der Waals surface area contributed by atoms with Crippen LogP contribution in [-0.4, -0.2) is 37.4 Å². The fourth-order valence-corrected chi connectivity index (χ4v) is 3.09. The number of fused-ring (bicyclic) bond motifs is 1. The third-order valence-corrected chi connectivity index (χ3v) is 4.60. The SMILES string of the molecule is CC1CC(c2nc3ccc(S(C)(=O)=O)cc3[nH]2)CO1. The van der Waals surface area contributed by atoms with E-state index in [0.29, 0.717) is 11.5 Å². The van der Waals surface area contributed by atoms with Gasteiger partial charge in [0, 0.05) is 12.2 Å². The smallest absolute Gasteiger partial charge is 0.175 e. The summed E-state index contributed by atoms with van der Waals surface area (Å²) >= 11 is 0. The maximum atomic E-state index is 11.5. The van der Waals surface area contributed by atoms with Crippen LogP contribution in [0.3, 0.4) is 0 Å². The lowest BCUT2D eigenvalue weighted by Gasteiger charge is -2.01. The highest BCUT2D eigenvalue weighted by atomic mass is 32.2. The minimum atomic E-state index is -3.19. The Morgan fingerprint density at radius 2 is 2.21 bits per heavy atom. The van der Waals surface area contributed by atoms with Crippen LogP contribution < -0.4 is 0 Å². The Morgan fingerprint density at radius 3 is 2.84 bits per heavy atom. The molecular formula is C13H16N2O3S. The highest BCUT2D eigenvalue weighted by Gasteiger charge is 2.26. The van der Waals surface area contributed by atoms with Crippen LogP contribution in [0, 0.1) is 0 Å². The summed E-state index contributed by atoms with van der Waals surface area (Å²) in [6.45, 7) is 2.71. The van der Waals surface area contributed by atoms with Crippen LogP contribution in [0.25, 0.3) is 11.0 Å². The number of hydrogen-bond donors (Lipinski definition) is 1. The van der Waals surface area contributed by atoms with Gasteiger partial charge in [-0.25, -0.2) is 13.4 Å². The van der Waals surface area contributed by atoms with E-state index in [2.05, 4.69) is 9.97 Å². The third-order valence-electron chi connectivity index (χ3n) is 3.48. The molecule has 19 heavy (non-hydrogen) atoms. The maximum absolute atomic E-state index is 11.5. The summed E-state index contributed by atoms with van der Waals surface area (Å²) in [5.41, 5.74) is 1.56. The summed E-state index contributed by atoms with van der Waals surface area (Å²) < 4.78 is 28.6. The van der Waals surface area contributed by atoms with Crippen molar-refractivity contribution in [2.75, 3.05) is 12.9 Å². The molecule has 2 heterocycles. The Labute approximate surface area is 111 Å². The summed E-state index contributed by atoms with van der Waals surface area (Å²) in [6, 6.07) is 4.97. The van der Waals surface area contributed by atoms with E-state index in [-0.39, 0.29) is 12.0 Å². The summed E-state index contributed by atoms with van der Waals surface area (Å²) in [7, 11) is -3.19. The predicted molar refractivity (Wildman–Crippen MR) is 72.0 cm³/mol. The van der Waals surface area contributed by atoms with Crippen LogP contribution in [-0.2, 0) is 14.6 Å². The van der Waals surface area contributed by atoms with E-state index >= 15 is 0 Å². The van der Waals surface area contributed by atoms with Crippen molar-refractivity contribution in [3.63, 3.8) is 0 Å². The number of rotatable bonds is 2. The molecule has 0 radical (unpaired) electrons. The number of nitrogens with zero attached hydrogens (tertiary/aromatic N) is 1. The first kappa shape index (κ1) is 12.6. The van der Waals surface area contributed by atoms with Crippen molar-refractivity contribution in [1.29, 1.82) is 0 Å². The van der Waals surface area contributed by atoms with Crippen LogP contribution in [0.15, 0.2) is 23.1 Å². The van der Waals surface area contributed by atoms with Gasteiger partial charge in [0.2, 0.25) is 0 Å². The number of ether oxygens (including phenoxy) is 1. The molecule has 2 atom stereocenters. The van der Waals surface area contributed by atoms with Crippen LogP contribution in [0.4, 0.5) is 0 Å². The lowest BCUT2D eigenvalue weighted by atomic mass is 10.1. The van der Waals surface area contributed by atoms with E-state index in [1.807, 2.05) is 6.92 Å². The minimum Gasteiger partial charge on any atom is -0.378 e. The molecule has 1 aliphatic heterocycles. The van der Waals surface area contributed by atoms with Crippen LogP contribution in [0.2, 0.25) is 0 Å². The molecule has 0 aliphatic carbocycles. The van der Waals surface area contributed by atoms with Gasteiger partial charge in [-0.2, -0.15) is 0 Å². The van der Waals surface area contributed by atoms with E-state index in [4.69, 9.17) is 4.74 Å². The lowest BCUT2D eigenvalue weighted by Crippen LogP contribution is -2.00. The first-order valence-corrected chi connectivity index (χ1v) is 8.14. The Kier molecular flexibility index (Phi) is 2.87. The van der Waals surface area contributed by atoms with E-state index in [1.54, 1.807) is 18.2 Å². The van der Waals surface area contributed by atoms with Crippen LogP contribution in [0.5, 0.6) is 0 Å². The van der Waals surface area contributed by atoms with Crippen LogP contribution in [0.1, 0.15) is 25.1 Å². The average molecular weight is 280 g/mol. The zero-order chi connectivity index (χ0) is 13.6. The molecule has 0 amide bonds. The molecule has 3 rings (SSSR count). The molecule has 1 fully saturated rings. The second kappa shape index (κ2) is 4.31. The van der Waals surface area contributed by atoms with Crippen molar-refractivity contribution in [2.45, 2.75) is 30.3 Å². The van der Waals surface area contributed by atoms with Crippen LogP contribution >= 0.6 is 0 Å². The molecule has 2 aromatic rings. The summed E-state index contributed by atoms with van der Waals surface area (Å²) in [6.07, 6.45) is 2.40. The second-order valence-corrected chi connectivity index (χ2v) is 7.17. The van der Waals surface area contributed by atoms with E-state index in [1.165, 1.54) is 6.26 Å². The van der Waals surface area contributed by atoms with Gasteiger partial charge in [-0.15, -0.1) is 0 Å². The fourth-order valence-electron chi connectivity index (χ4n) is 2.44. The molecule has 6 heteroatoms. The van der Waals surface area contributed by atoms with E-state index < -0.39 is 9.84 Å². The number of nitrogens with one attached hydrogen (secondary N) is 1. The largest absolute Gasteiger partial charge is 0.378 e. The molecule has 0 saturated carbocycles. The quantitative estimate of drug-likeness (QED) is 0.911. The summed E-state index contributed by atoms with van der Waals surface area (Å²) in [5, 5.41) is 0. The second-order valence-electron chi connectivity index (χ2n) is 5.15. The monoisotopic (exact) mass is 280 g/mol. The molecule has 2 unspecified atom stereocenters. The summed E-state index contributed by atoms with van der Waals surface area (Å²) in [4.78, 5) is 8.05. The Bertz CT molecular complexity index is 721. The van der Waals surface area contributed by atoms with Gasteiger partial charge in [0.25, 0.3) is 0 Å². The van der Waals surface area contributed by atoms with Gasteiger partial charge in [0.1, 0.15) is 5.82 Å². The van der Waals surface area contributed by atoms with E-state index in [0.717, 1.165) is 23.3 Å². The van der Waals surface area contributed by atoms with Crippen molar-refractivity contribution in [3.05, 3.63) is 24.0 Å². The molecule has 1 N–H and O–H groups in total. The molecule has 1 aliphatic rings. The number of H-pyrrole nitrogens is 1. The number of imidazole rings is 1. The number of benzene rings is 1. The standard InChI is InChI=1S/C13H16N2O3S/c1-8-5-9(7-18-8)13-14-11-4-3-10(19(2,16)17)6-12(11)15-13/h3-4,6,8-9H,5,7H2,1-2H3,(H,14,15). The van der Waals surface area contributed by atoms with Crippen molar-refractivity contribution in [1.82, 2.24) is 9.97 Å². The number of aromatic nitrogens is 2. The van der Waals surface area contributed by atoms with Crippen molar-refractivity contribution >= 4 is 20.9 Å². The highest BCUT2D eigenvalue weighted by Crippen LogP contribution is 2.29. The van der Waals surface area contributed by atoms with Gasteiger partial charge >= 0.3 is 0 Å². The topological polar surface area (TPSA) is 72.0 Å². The highest BCUT2D eigenvalue weighted by molar-refractivity contribution is 7.90. The number of aromatic amines is 1. The number of hydrogen-bond acceptors (Lipinski definition) is 4. The predicted octanol–water partition coefficient (Wildman–Crippen LogP) is 1.86. The maximum Gasteiger partial charge on any atom is 0.175 e. The van der Waals surface area contributed by atoms with Gasteiger partial charge < -0.3 is 9.72 Å². The van der Waals surface area contributed by atoms with Gasteiger partial charge in [0.05, 0.1) is 28.6 Å². The molecule has 1 aromatic carbocycles. The molecular weight excluding hydrogens is 264 g/mol. The fraction of sp³-hybridized carbons (Fsp3) is 0.462. The van der Waals surface area contributed by atoms with E-state index in [9.17, 15) is 8.42 Å². The minimum absolute atomic E-state index is 0.254. The van der Waals surface area contributed by atoms with Gasteiger partial charge in [-0.3, -0.25) is 0 Å². The van der Waals surface area contributed by atoms with Crippen molar-refractivity contribution in [3.8, 4) is 0 Å². The third kappa shape index (κ3) is 2.37. The molecule has 5 nitrogen and oxygen atoms in total. The molecule has 102 valence electrons. The molecule has 0 spiro atoms. The van der Waals surface area contributed by atoms with Gasteiger partial charge in [0.15, 0.2) is 9.84 Å². The Morgan fingerprint density at radius 1 is 1.42 bits per heavy atom. The Balaban J connectivity index is 2.02. The van der Waals surface area contributed by atoms with Crippen molar-refractivity contribution < 1.29 is 13.2 Å². The normalized spacial score (nSPS) is 24.1. The van der Waals surface area contributed by atoms with Gasteiger partial charge in [-0.05, 0) is 31.5 Å². The first-order chi connectivity index (χ1) is 8.93.